The fraction of sp³-hybridized carbons (Fsp3) is 0.500. The van der Waals surface area contributed by atoms with E-state index in [1.165, 1.54) is 12.1 Å². The minimum atomic E-state index is -0.236. The minimum Gasteiger partial charge on any atom is -0.338 e. The van der Waals surface area contributed by atoms with Gasteiger partial charge in [0.15, 0.2) is 0 Å². The van der Waals surface area contributed by atoms with Crippen molar-refractivity contribution in [1.82, 2.24) is 10.6 Å². The number of urea groups is 1. The third-order valence-corrected chi connectivity index (χ3v) is 2.68. The third kappa shape index (κ3) is 6.23. The van der Waals surface area contributed by atoms with Crippen LogP contribution in [0.25, 0.3) is 0 Å². The smallest absolute Gasteiger partial charge is 0.314 e. The van der Waals surface area contributed by atoms with Gasteiger partial charge < -0.3 is 10.6 Å². The van der Waals surface area contributed by atoms with Gasteiger partial charge in [0, 0.05) is 13.1 Å². The van der Waals surface area contributed by atoms with Gasteiger partial charge in [-0.3, -0.25) is 0 Å². The Balaban J connectivity index is 2.10. The van der Waals surface area contributed by atoms with E-state index in [1.807, 2.05) is 0 Å². The lowest BCUT2D eigenvalue weighted by Gasteiger charge is -2.07. The van der Waals surface area contributed by atoms with E-state index in [0.29, 0.717) is 13.0 Å². The van der Waals surface area contributed by atoms with E-state index in [0.717, 1.165) is 31.4 Å². The molecule has 2 N–H and O–H groups in total. The van der Waals surface area contributed by atoms with Gasteiger partial charge in [0.05, 0.1) is 0 Å². The summed E-state index contributed by atoms with van der Waals surface area (Å²) in [7, 11) is 0. The average molecular weight is 252 g/mol. The molecule has 0 aromatic heterocycles. The molecule has 1 aromatic carbocycles. The van der Waals surface area contributed by atoms with E-state index in [4.69, 9.17) is 0 Å². The summed E-state index contributed by atoms with van der Waals surface area (Å²) in [6.45, 7) is 3.41. The molecule has 0 radical (unpaired) electrons. The van der Waals surface area contributed by atoms with Crippen molar-refractivity contribution in [1.29, 1.82) is 0 Å². The molecule has 0 fully saturated rings. The van der Waals surface area contributed by atoms with Crippen LogP contribution in [-0.4, -0.2) is 19.1 Å². The van der Waals surface area contributed by atoms with Gasteiger partial charge in [-0.25, -0.2) is 9.18 Å². The summed E-state index contributed by atoms with van der Waals surface area (Å²) >= 11 is 0. The summed E-state index contributed by atoms with van der Waals surface area (Å²) in [6.07, 6.45) is 4.01. The first-order valence-electron chi connectivity index (χ1n) is 6.48. The molecule has 0 aliphatic rings. The first kappa shape index (κ1) is 14.5. The van der Waals surface area contributed by atoms with E-state index in [9.17, 15) is 9.18 Å². The number of benzene rings is 1. The van der Waals surface area contributed by atoms with Gasteiger partial charge in [0.2, 0.25) is 0 Å². The SMILES string of the molecule is CCCCCNC(=O)NCCc1ccc(F)cc1. The molecular formula is C14H21FN2O. The van der Waals surface area contributed by atoms with E-state index in [1.54, 1.807) is 12.1 Å². The number of halogens is 1. The Morgan fingerprint density at radius 1 is 1.11 bits per heavy atom. The van der Waals surface area contributed by atoms with Gasteiger partial charge in [-0.2, -0.15) is 0 Å². The van der Waals surface area contributed by atoms with Crippen LogP contribution in [0, 0.1) is 5.82 Å². The quantitative estimate of drug-likeness (QED) is 0.720. The van der Waals surface area contributed by atoms with Crippen LogP contribution in [0.4, 0.5) is 9.18 Å². The normalized spacial score (nSPS) is 10.1. The van der Waals surface area contributed by atoms with Crippen molar-refractivity contribution in [3.8, 4) is 0 Å². The molecule has 0 saturated carbocycles. The van der Waals surface area contributed by atoms with Gasteiger partial charge >= 0.3 is 6.03 Å². The fourth-order valence-corrected chi connectivity index (χ4v) is 1.61. The van der Waals surface area contributed by atoms with Crippen LogP contribution in [0.5, 0.6) is 0 Å². The molecule has 0 spiro atoms. The van der Waals surface area contributed by atoms with Crippen molar-refractivity contribution in [3.63, 3.8) is 0 Å². The van der Waals surface area contributed by atoms with Crippen molar-refractivity contribution >= 4 is 6.03 Å². The lowest BCUT2D eigenvalue weighted by Crippen LogP contribution is -2.37. The van der Waals surface area contributed by atoms with Crippen molar-refractivity contribution in [2.24, 2.45) is 0 Å². The molecule has 0 heterocycles. The Morgan fingerprint density at radius 2 is 1.78 bits per heavy atom. The van der Waals surface area contributed by atoms with Crippen molar-refractivity contribution in [2.75, 3.05) is 13.1 Å². The highest BCUT2D eigenvalue weighted by Crippen LogP contribution is 2.02. The predicted octanol–water partition coefficient (Wildman–Crippen LogP) is 2.86. The highest BCUT2D eigenvalue weighted by atomic mass is 19.1. The number of carbonyl (C=O) groups excluding carboxylic acids is 1. The second-order valence-corrected chi connectivity index (χ2v) is 4.27. The van der Waals surface area contributed by atoms with Crippen molar-refractivity contribution in [2.45, 2.75) is 32.6 Å². The molecule has 1 rings (SSSR count). The van der Waals surface area contributed by atoms with Gasteiger partial charge in [-0.15, -0.1) is 0 Å². The third-order valence-electron chi connectivity index (χ3n) is 2.68. The number of hydrogen-bond acceptors (Lipinski definition) is 1. The fourth-order valence-electron chi connectivity index (χ4n) is 1.61. The van der Waals surface area contributed by atoms with E-state index >= 15 is 0 Å². The summed E-state index contributed by atoms with van der Waals surface area (Å²) in [6, 6.07) is 6.19. The molecule has 1 aromatic rings. The number of hydrogen-bond donors (Lipinski definition) is 2. The van der Waals surface area contributed by atoms with Gasteiger partial charge in [0.1, 0.15) is 5.82 Å². The van der Waals surface area contributed by atoms with E-state index in [-0.39, 0.29) is 11.8 Å². The summed E-state index contributed by atoms with van der Waals surface area (Å²) in [4.78, 5) is 11.4. The maximum Gasteiger partial charge on any atom is 0.314 e. The first-order valence-corrected chi connectivity index (χ1v) is 6.48. The largest absolute Gasteiger partial charge is 0.338 e. The molecule has 2 amide bonds. The first-order chi connectivity index (χ1) is 8.72. The Morgan fingerprint density at radius 3 is 2.44 bits per heavy atom. The van der Waals surface area contributed by atoms with Gasteiger partial charge in [-0.1, -0.05) is 31.9 Å². The topological polar surface area (TPSA) is 41.1 Å². The van der Waals surface area contributed by atoms with E-state index < -0.39 is 0 Å². The standard InChI is InChI=1S/C14H21FN2O/c1-2-3-4-10-16-14(18)17-11-9-12-5-7-13(15)8-6-12/h5-8H,2-4,9-11H2,1H3,(H2,16,17,18). The summed E-state index contributed by atoms with van der Waals surface area (Å²) in [5.41, 5.74) is 1.02. The molecule has 4 heteroatoms. The lowest BCUT2D eigenvalue weighted by molar-refractivity contribution is 0.241. The monoisotopic (exact) mass is 252 g/mol. The number of amides is 2. The molecule has 18 heavy (non-hydrogen) atoms. The van der Waals surface area contributed by atoms with Crippen LogP contribution in [0.1, 0.15) is 31.7 Å². The van der Waals surface area contributed by atoms with Crippen LogP contribution < -0.4 is 10.6 Å². The summed E-state index contributed by atoms with van der Waals surface area (Å²) < 4.78 is 12.7. The number of nitrogens with one attached hydrogen (secondary N) is 2. The van der Waals surface area contributed by atoms with Crippen LogP contribution >= 0.6 is 0 Å². The number of unbranched alkanes of at least 4 members (excludes halogenated alkanes) is 2. The molecule has 0 unspecified atom stereocenters. The zero-order valence-electron chi connectivity index (χ0n) is 10.8. The molecule has 3 nitrogen and oxygen atoms in total. The van der Waals surface area contributed by atoms with Crippen molar-refractivity contribution in [3.05, 3.63) is 35.6 Å². The maximum atomic E-state index is 12.7. The molecule has 0 aliphatic carbocycles. The minimum absolute atomic E-state index is 0.131. The zero-order chi connectivity index (χ0) is 13.2. The van der Waals surface area contributed by atoms with Crippen LogP contribution in [-0.2, 0) is 6.42 Å². The summed E-state index contributed by atoms with van der Waals surface area (Å²) in [5, 5.41) is 5.58. The Bertz CT molecular complexity index is 351. The maximum absolute atomic E-state index is 12.7. The zero-order valence-corrected chi connectivity index (χ0v) is 10.8. The van der Waals surface area contributed by atoms with Gasteiger partial charge in [0.25, 0.3) is 0 Å². The predicted molar refractivity (Wildman–Crippen MR) is 71.0 cm³/mol. The molecule has 0 aliphatic heterocycles. The highest BCUT2D eigenvalue weighted by Gasteiger charge is 1.99. The Hall–Kier alpha value is -1.58. The molecule has 0 bridgehead atoms. The van der Waals surface area contributed by atoms with Crippen LogP contribution in [0.2, 0.25) is 0 Å². The number of carbonyl (C=O) groups is 1. The lowest BCUT2D eigenvalue weighted by atomic mass is 10.1. The highest BCUT2D eigenvalue weighted by molar-refractivity contribution is 5.73. The average Bonchev–Trinajstić information content (AvgIpc) is 2.37. The number of rotatable bonds is 7. The Kier molecular flexibility index (Phi) is 6.84. The van der Waals surface area contributed by atoms with Crippen LogP contribution in [0.15, 0.2) is 24.3 Å². The molecule has 0 saturated heterocycles. The molecular weight excluding hydrogens is 231 g/mol. The second kappa shape index (κ2) is 8.50. The second-order valence-electron chi connectivity index (χ2n) is 4.27. The van der Waals surface area contributed by atoms with Crippen molar-refractivity contribution < 1.29 is 9.18 Å². The van der Waals surface area contributed by atoms with Crippen LogP contribution in [0.3, 0.4) is 0 Å². The van der Waals surface area contributed by atoms with Gasteiger partial charge in [-0.05, 0) is 30.5 Å². The molecule has 100 valence electrons. The molecule has 0 atom stereocenters. The van der Waals surface area contributed by atoms with E-state index in [2.05, 4.69) is 17.6 Å². The summed E-state index contributed by atoms with van der Waals surface area (Å²) in [5.74, 6) is -0.236. The Labute approximate surface area is 108 Å².